The first-order valence-corrected chi connectivity index (χ1v) is 8.69. The van der Waals surface area contributed by atoms with E-state index < -0.39 is 23.1 Å². The largest absolute Gasteiger partial charge is 0.444 e. The molecule has 27 heavy (non-hydrogen) atoms. The molecule has 7 heteroatoms. The number of benzene rings is 1. The molecule has 146 valence electrons. The minimum absolute atomic E-state index is 0.235. The molecule has 1 aromatic heterocycles. The molecule has 0 aliphatic rings. The minimum Gasteiger partial charge on any atom is -0.444 e. The van der Waals surface area contributed by atoms with Crippen LogP contribution in [0.2, 0.25) is 0 Å². The van der Waals surface area contributed by atoms with Crippen LogP contribution in [0.3, 0.4) is 0 Å². The predicted octanol–water partition coefficient (Wildman–Crippen LogP) is 3.43. The third kappa shape index (κ3) is 5.91. The summed E-state index contributed by atoms with van der Waals surface area (Å²) in [7, 11) is 1.60. The molecule has 0 aliphatic carbocycles. The molecule has 0 fully saturated rings. The van der Waals surface area contributed by atoms with Gasteiger partial charge in [-0.1, -0.05) is 6.07 Å². The lowest BCUT2D eigenvalue weighted by atomic mass is 9.91. The van der Waals surface area contributed by atoms with Gasteiger partial charge in [0.1, 0.15) is 11.4 Å². The standard InChI is InChI=1S/C20H26FN3O3/c1-19(2,3)27-18(26)23-20(4,5)11-13-7-8-14(21)9-15(13)16-10-17(25)24(6)12-22-16/h7-10,12H,11H2,1-6H3,(H,23,26). The summed E-state index contributed by atoms with van der Waals surface area (Å²) in [4.78, 5) is 28.3. The summed E-state index contributed by atoms with van der Waals surface area (Å²) in [5.41, 5.74) is 0.177. The summed E-state index contributed by atoms with van der Waals surface area (Å²) in [5, 5.41) is 2.83. The molecular formula is C20H26FN3O3. The van der Waals surface area contributed by atoms with Crippen LogP contribution < -0.4 is 10.9 Å². The van der Waals surface area contributed by atoms with Gasteiger partial charge in [-0.25, -0.2) is 14.2 Å². The van der Waals surface area contributed by atoms with E-state index in [2.05, 4.69) is 10.3 Å². The lowest BCUT2D eigenvalue weighted by Crippen LogP contribution is -2.47. The van der Waals surface area contributed by atoms with Crippen LogP contribution in [0.15, 0.2) is 35.4 Å². The van der Waals surface area contributed by atoms with Gasteiger partial charge < -0.3 is 14.6 Å². The molecule has 2 aromatic rings. The van der Waals surface area contributed by atoms with Gasteiger partial charge >= 0.3 is 6.09 Å². The fourth-order valence-corrected chi connectivity index (χ4v) is 2.65. The molecule has 6 nitrogen and oxygen atoms in total. The average molecular weight is 375 g/mol. The maximum absolute atomic E-state index is 13.8. The molecule has 1 heterocycles. The number of amides is 1. The van der Waals surface area contributed by atoms with Gasteiger partial charge in [-0.2, -0.15) is 0 Å². The first kappa shape index (κ1) is 20.6. The molecule has 0 atom stereocenters. The van der Waals surface area contributed by atoms with Crippen LogP contribution in [0.5, 0.6) is 0 Å². The lowest BCUT2D eigenvalue weighted by molar-refractivity contribution is 0.0472. The fraction of sp³-hybridized carbons (Fsp3) is 0.450. The number of halogens is 1. The topological polar surface area (TPSA) is 73.2 Å². The number of carbonyl (C=O) groups is 1. The second kappa shape index (κ2) is 7.50. The first-order chi connectivity index (χ1) is 12.4. The van der Waals surface area contributed by atoms with Gasteiger partial charge in [-0.3, -0.25) is 4.79 Å². The number of rotatable bonds is 4. The maximum Gasteiger partial charge on any atom is 0.408 e. The molecule has 0 radical (unpaired) electrons. The number of nitrogens with zero attached hydrogens (tertiary/aromatic N) is 2. The van der Waals surface area contributed by atoms with Crippen molar-refractivity contribution in [1.82, 2.24) is 14.9 Å². The van der Waals surface area contributed by atoms with Crippen molar-refractivity contribution < 1.29 is 13.9 Å². The third-order valence-corrected chi connectivity index (χ3v) is 3.80. The number of aromatic nitrogens is 2. The number of nitrogens with one attached hydrogen (secondary N) is 1. The van der Waals surface area contributed by atoms with E-state index in [-0.39, 0.29) is 5.56 Å². The van der Waals surface area contributed by atoms with Crippen LogP contribution in [-0.4, -0.2) is 26.8 Å². The van der Waals surface area contributed by atoms with E-state index in [1.54, 1.807) is 33.9 Å². The van der Waals surface area contributed by atoms with E-state index in [1.165, 1.54) is 29.1 Å². The van der Waals surface area contributed by atoms with Gasteiger partial charge in [0.05, 0.1) is 12.0 Å². The summed E-state index contributed by atoms with van der Waals surface area (Å²) in [6.45, 7) is 9.07. The monoisotopic (exact) mass is 375 g/mol. The Morgan fingerprint density at radius 2 is 1.89 bits per heavy atom. The molecule has 1 N–H and O–H groups in total. The summed E-state index contributed by atoms with van der Waals surface area (Å²) in [5.74, 6) is -0.422. The summed E-state index contributed by atoms with van der Waals surface area (Å²) < 4.78 is 20.5. The maximum atomic E-state index is 13.8. The second-order valence-electron chi connectivity index (χ2n) is 8.21. The zero-order valence-corrected chi connectivity index (χ0v) is 16.6. The summed E-state index contributed by atoms with van der Waals surface area (Å²) >= 11 is 0. The molecule has 0 bridgehead atoms. The van der Waals surface area contributed by atoms with Crippen molar-refractivity contribution in [2.24, 2.45) is 7.05 Å². The second-order valence-corrected chi connectivity index (χ2v) is 8.21. The molecular weight excluding hydrogens is 349 g/mol. The van der Waals surface area contributed by atoms with Crippen molar-refractivity contribution in [3.05, 3.63) is 52.3 Å². The van der Waals surface area contributed by atoms with E-state index in [1.807, 2.05) is 13.8 Å². The van der Waals surface area contributed by atoms with E-state index in [0.717, 1.165) is 5.56 Å². The molecule has 1 aromatic carbocycles. The van der Waals surface area contributed by atoms with E-state index in [9.17, 15) is 14.0 Å². The van der Waals surface area contributed by atoms with Crippen molar-refractivity contribution in [2.45, 2.75) is 52.2 Å². The van der Waals surface area contributed by atoms with Crippen molar-refractivity contribution in [3.8, 4) is 11.3 Å². The molecule has 0 saturated carbocycles. The Balaban J connectivity index is 2.32. The Morgan fingerprint density at radius 3 is 2.48 bits per heavy atom. The van der Waals surface area contributed by atoms with Crippen LogP contribution in [-0.2, 0) is 18.2 Å². The van der Waals surface area contributed by atoms with E-state index in [0.29, 0.717) is 17.7 Å². The summed E-state index contributed by atoms with van der Waals surface area (Å²) in [6.07, 6.45) is 1.28. The highest BCUT2D eigenvalue weighted by atomic mass is 19.1. The zero-order valence-electron chi connectivity index (χ0n) is 16.6. The fourth-order valence-electron chi connectivity index (χ4n) is 2.65. The van der Waals surface area contributed by atoms with Gasteiger partial charge in [-0.05, 0) is 58.7 Å². The number of alkyl carbamates (subject to hydrolysis) is 1. The SMILES string of the molecule is Cn1cnc(-c2cc(F)ccc2CC(C)(C)NC(=O)OC(C)(C)C)cc1=O. The van der Waals surface area contributed by atoms with Crippen molar-refractivity contribution in [2.75, 3.05) is 0 Å². The Kier molecular flexibility index (Phi) is 5.73. The van der Waals surface area contributed by atoms with Crippen LogP contribution in [0.4, 0.5) is 9.18 Å². The normalized spacial score (nSPS) is 12.0. The lowest BCUT2D eigenvalue weighted by Gasteiger charge is -2.29. The Morgan fingerprint density at radius 1 is 1.22 bits per heavy atom. The molecule has 0 spiro atoms. The third-order valence-electron chi connectivity index (χ3n) is 3.80. The van der Waals surface area contributed by atoms with Crippen molar-refractivity contribution >= 4 is 6.09 Å². The average Bonchev–Trinajstić information content (AvgIpc) is 2.49. The number of ether oxygens (including phenoxy) is 1. The quantitative estimate of drug-likeness (QED) is 0.889. The van der Waals surface area contributed by atoms with Crippen LogP contribution in [0, 0.1) is 5.82 Å². The number of aryl methyl sites for hydroxylation is 1. The van der Waals surface area contributed by atoms with Crippen LogP contribution >= 0.6 is 0 Å². The highest BCUT2D eigenvalue weighted by molar-refractivity contribution is 5.69. The van der Waals surface area contributed by atoms with Crippen molar-refractivity contribution in [3.63, 3.8) is 0 Å². The van der Waals surface area contributed by atoms with Gasteiger partial charge in [0.15, 0.2) is 0 Å². The number of hydrogen-bond acceptors (Lipinski definition) is 4. The highest BCUT2D eigenvalue weighted by Gasteiger charge is 2.26. The Bertz CT molecular complexity index is 898. The van der Waals surface area contributed by atoms with Gasteiger partial charge in [0.2, 0.25) is 0 Å². The van der Waals surface area contributed by atoms with Crippen LogP contribution in [0.25, 0.3) is 11.3 Å². The van der Waals surface area contributed by atoms with Crippen LogP contribution in [0.1, 0.15) is 40.2 Å². The van der Waals surface area contributed by atoms with E-state index >= 15 is 0 Å². The smallest absolute Gasteiger partial charge is 0.408 e. The molecule has 0 aliphatic heterocycles. The predicted molar refractivity (Wildman–Crippen MR) is 102 cm³/mol. The molecule has 0 saturated heterocycles. The minimum atomic E-state index is -0.658. The molecule has 2 rings (SSSR count). The molecule has 1 amide bonds. The highest BCUT2D eigenvalue weighted by Crippen LogP contribution is 2.26. The first-order valence-electron chi connectivity index (χ1n) is 8.69. The zero-order chi connectivity index (χ0) is 20.4. The molecule has 0 unspecified atom stereocenters. The van der Waals surface area contributed by atoms with Gasteiger partial charge in [-0.15, -0.1) is 0 Å². The van der Waals surface area contributed by atoms with Gasteiger partial charge in [0.25, 0.3) is 5.56 Å². The Hall–Kier alpha value is -2.70. The number of hydrogen-bond donors (Lipinski definition) is 1. The Labute approximate surface area is 158 Å². The van der Waals surface area contributed by atoms with Crippen molar-refractivity contribution in [1.29, 1.82) is 0 Å². The van der Waals surface area contributed by atoms with E-state index in [4.69, 9.17) is 4.74 Å². The summed E-state index contributed by atoms with van der Waals surface area (Å²) in [6, 6.07) is 5.71. The van der Waals surface area contributed by atoms with Gasteiger partial charge in [0, 0.05) is 24.2 Å². The number of carbonyl (C=O) groups excluding carboxylic acids is 1.